The Kier molecular flexibility index (Phi) is 18.7. The highest BCUT2D eigenvalue weighted by molar-refractivity contribution is 6.38. The molecule has 1 heterocycles. The molecular formula is C32H55N9O8. The van der Waals surface area contributed by atoms with Gasteiger partial charge in [-0.15, -0.1) is 5.10 Å². The smallest absolute Gasteiger partial charge is 0.322 e. The highest BCUT2D eigenvalue weighted by Crippen LogP contribution is 2.33. The minimum Gasteiger partial charge on any atom is -0.480 e. The van der Waals surface area contributed by atoms with E-state index in [9.17, 15) is 33.6 Å². The monoisotopic (exact) mass is 693 g/mol. The lowest BCUT2D eigenvalue weighted by Gasteiger charge is -2.48. The van der Waals surface area contributed by atoms with Crippen molar-refractivity contribution in [1.82, 2.24) is 26.2 Å². The van der Waals surface area contributed by atoms with Crippen molar-refractivity contribution in [3.63, 3.8) is 0 Å². The first-order valence-corrected chi connectivity index (χ1v) is 17.0. The van der Waals surface area contributed by atoms with Crippen molar-refractivity contribution in [2.24, 2.45) is 33.8 Å². The molecule has 17 nitrogen and oxygen atoms in total. The van der Waals surface area contributed by atoms with E-state index in [0.717, 1.165) is 0 Å². The zero-order valence-corrected chi connectivity index (χ0v) is 29.5. The molecule has 17 heteroatoms. The summed E-state index contributed by atoms with van der Waals surface area (Å²) in [7, 11) is 0. The van der Waals surface area contributed by atoms with E-state index >= 15 is 0 Å². The first kappa shape index (κ1) is 42.6. The van der Waals surface area contributed by atoms with Gasteiger partial charge in [0, 0.05) is 31.8 Å². The number of unbranched alkanes of at least 4 members (excludes halogenated alkanes) is 1. The van der Waals surface area contributed by atoms with Crippen LogP contribution < -0.4 is 27.0 Å². The van der Waals surface area contributed by atoms with Gasteiger partial charge in [-0.2, -0.15) is 5.53 Å². The number of Topliss-reactive ketones (excluding diaryl/α,β-unsaturated/α-hetero) is 1. The first-order chi connectivity index (χ1) is 23.1. The number of carboxylic acid groups (broad SMARTS) is 1. The molecule has 5 amide bonds. The zero-order valence-electron chi connectivity index (χ0n) is 29.5. The maximum Gasteiger partial charge on any atom is 0.322 e. The maximum absolute atomic E-state index is 13.5. The summed E-state index contributed by atoms with van der Waals surface area (Å²) in [5.41, 5.74) is 12.3. The van der Waals surface area contributed by atoms with Crippen LogP contribution in [0.15, 0.2) is 10.3 Å². The van der Waals surface area contributed by atoms with E-state index in [1.165, 1.54) is 4.90 Å². The lowest BCUT2D eigenvalue weighted by molar-refractivity contribution is -0.160. The van der Waals surface area contributed by atoms with Crippen molar-refractivity contribution in [3.8, 4) is 0 Å². The Morgan fingerprint density at radius 1 is 0.918 bits per heavy atom. The molecule has 0 bridgehead atoms. The van der Waals surface area contributed by atoms with Gasteiger partial charge in [-0.1, -0.05) is 59.6 Å². The normalized spacial score (nSPS) is 17.0. The van der Waals surface area contributed by atoms with Crippen LogP contribution in [0.25, 0.3) is 0 Å². The molecule has 1 aliphatic rings. The van der Waals surface area contributed by atoms with E-state index in [2.05, 4.69) is 31.6 Å². The number of likely N-dealkylation sites (tertiary alicyclic amines) is 1. The minimum atomic E-state index is -1.30. The average Bonchev–Trinajstić information content (AvgIpc) is 3.03. The molecule has 0 aromatic carbocycles. The number of hydrogen-bond acceptors (Lipinski definition) is 9. The van der Waals surface area contributed by atoms with Crippen molar-refractivity contribution in [3.05, 3.63) is 0 Å². The first-order valence-electron chi connectivity index (χ1n) is 17.0. The van der Waals surface area contributed by atoms with E-state index in [0.29, 0.717) is 38.5 Å². The lowest BCUT2D eigenvalue weighted by Crippen LogP contribution is -2.65. The third-order valence-electron chi connectivity index (χ3n) is 8.37. The van der Waals surface area contributed by atoms with E-state index in [-0.39, 0.29) is 61.2 Å². The number of nitrogens with one attached hydrogen (secondary N) is 5. The number of ketones is 1. The molecule has 5 atom stereocenters. The molecule has 1 saturated heterocycles. The number of nitrogens with two attached hydrogens (primary N) is 1. The van der Waals surface area contributed by atoms with Gasteiger partial charge in [0.25, 0.3) is 5.91 Å². The molecular weight excluding hydrogens is 638 g/mol. The molecule has 0 aromatic rings. The Morgan fingerprint density at radius 3 is 2.04 bits per heavy atom. The molecule has 0 spiro atoms. The van der Waals surface area contributed by atoms with Crippen molar-refractivity contribution in [2.75, 3.05) is 13.1 Å². The number of aliphatic carboxylic acids is 1. The van der Waals surface area contributed by atoms with Crippen LogP contribution in [0.2, 0.25) is 0 Å². The molecule has 1 fully saturated rings. The predicted molar refractivity (Wildman–Crippen MR) is 180 cm³/mol. The van der Waals surface area contributed by atoms with Crippen LogP contribution in [-0.2, 0) is 33.6 Å². The molecule has 49 heavy (non-hydrogen) atoms. The Bertz CT molecular complexity index is 1220. The third-order valence-corrected chi connectivity index (χ3v) is 8.37. The Balaban J connectivity index is 2.95. The molecule has 0 aromatic heterocycles. The summed E-state index contributed by atoms with van der Waals surface area (Å²) in [6.45, 7) is 10.3. The number of β-lactam (4-membered cyclic amide) rings is 1. The van der Waals surface area contributed by atoms with Gasteiger partial charge in [-0.3, -0.25) is 33.6 Å². The standard InChI is InChI=1S/C32H55N9O8/c1-7-11-20(22-15-25(43)41(22)21(12-8-2)29(46)32(49)36-17-26(44)45)16-35-30(47)27(18(3)4)38-31(48)28(19(5)6)37-24(42)14-10-9-13-23(33)39-40-34/h18-22,27-28H,7-17H2,1-6H3,(H,35,47)(H,36,49)(H,37,42)(H,38,48)(H,44,45)(H3,33,34,39)/t20-,21?,22+,27?,28+/m0/s1. The lowest BCUT2D eigenvalue weighted by atomic mass is 9.82. The fourth-order valence-corrected chi connectivity index (χ4v) is 5.73. The van der Waals surface area contributed by atoms with Crippen LogP contribution >= 0.6 is 0 Å². The third kappa shape index (κ3) is 13.9. The SMILES string of the molecule is CCCC(C(=O)C(=O)NCC(=O)O)N1C(=O)C[C@@H]1[C@@H](CCC)CNC(=O)C(NC(=O)[C@H](NC(=O)CCCC/C(N)=N/N=N)C(C)C)C(C)C. The second-order valence-corrected chi connectivity index (χ2v) is 13.0. The molecule has 8 N–H and O–H groups in total. The molecule has 0 aliphatic carbocycles. The van der Waals surface area contributed by atoms with Crippen LogP contribution in [0.3, 0.4) is 0 Å². The van der Waals surface area contributed by atoms with Crippen LogP contribution in [0.1, 0.15) is 99.3 Å². The van der Waals surface area contributed by atoms with Crippen LogP contribution in [-0.4, -0.2) is 94.4 Å². The number of rotatable bonds is 24. The van der Waals surface area contributed by atoms with Gasteiger partial charge < -0.3 is 37.0 Å². The van der Waals surface area contributed by atoms with Crippen LogP contribution in [0, 0.1) is 23.3 Å². The van der Waals surface area contributed by atoms with Crippen molar-refractivity contribution in [2.45, 2.75) is 123 Å². The van der Waals surface area contributed by atoms with Gasteiger partial charge in [-0.25, -0.2) is 0 Å². The summed E-state index contributed by atoms with van der Waals surface area (Å²) in [5, 5.41) is 25.7. The van der Waals surface area contributed by atoms with Crippen molar-refractivity contribution in [1.29, 1.82) is 5.53 Å². The zero-order chi connectivity index (χ0) is 37.3. The summed E-state index contributed by atoms with van der Waals surface area (Å²) in [5.74, 6) is -5.48. The largest absolute Gasteiger partial charge is 0.480 e. The van der Waals surface area contributed by atoms with E-state index in [4.69, 9.17) is 16.4 Å². The minimum absolute atomic E-state index is 0.132. The van der Waals surface area contributed by atoms with Crippen molar-refractivity contribution < 1.29 is 38.7 Å². The van der Waals surface area contributed by atoms with Gasteiger partial charge in [0.05, 0.1) is 0 Å². The van der Waals surface area contributed by atoms with Crippen LogP contribution in [0.4, 0.5) is 0 Å². The number of amides is 5. The number of carbonyl (C=O) groups is 7. The van der Waals surface area contributed by atoms with E-state index in [1.54, 1.807) is 27.7 Å². The Labute approximate surface area is 287 Å². The quantitative estimate of drug-likeness (QED) is 0.0145. The Morgan fingerprint density at radius 2 is 1.51 bits per heavy atom. The molecule has 276 valence electrons. The predicted octanol–water partition coefficient (Wildman–Crippen LogP) is 1.20. The number of carboxylic acids is 1. The highest BCUT2D eigenvalue weighted by Gasteiger charge is 2.47. The van der Waals surface area contributed by atoms with Gasteiger partial charge >= 0.3 is 5.97 Å². The summed E-state index contributed by atoms with van der Waals surface area (Å²) in [6.07, 6.45) is 3.73. The highest BCUT2D eigenvalue weighted by atomic mass is 16.4. The average molecular weight is 694 g/mol. The van der Waals surface area contributed by atoms with Gasteiger partial charge in [-0.05, 0) is 43.4 Å². The van der Waals surface area contributed by atoms with Gasteiger partial charge in [0.1, 0.15) is 30.5 Å². The second kappa shape index (κ2) is 21.5. The number of carbonyl (C=O) groups excluding carboxylic acids is 6. The summed E-state index contributed by atoms with van der Waals surface area (Å²) < 4.78 is 0. The molecule has 1 rings (SSSR count). The maximum atomic E-state index is 13.5. The second-order valence-electron chi connectivity index (χ2n) is 13.0. The van der Waals surface area contributed by atoms with Crippen LogP contribution in [0.5, 0.6) is 0 Å². The number of nitrogens with zero attached hydrogens (tertiary/aromatic N) is 3. The summed E-state index contributed by atoms with van der Waals surface area (Å²) in [6, 6.07) is -3.30. The fraction of sp³-hybridized carbons (Fsp3) is 0.750. The van der Waals surface area contributed by atoms with Crippen molar-refractivity contribution >= 4 is 47.1 Å². The number of amidine groups is 1. The molecule has 0 saturated carbocycles. The summed E-state index contributed by atoms with van der Waals surface area (Å²) in [4.78, 5) is 89.9. The van der Waals surface area contributed by atoms with E-state index < -0.39 is 60.2 Å². The Hall–Kier alpha value is -4.44. The number of hydrogen-bond donors (Lipinski definition) is 7. The fourth-order valence-electron chi connectivity index (χ4n) is 5.73. The topological polar surface area (TPSA) is 266 Å². The van der Waals surface area contributed by atoms with Gasteiger partial charge in [0.15, 0.2) is 0 Å². The molecule has 0 radical (unpaired) electrons. The van der Waals surface area contributed by atoms with E-state index in [1.807, 2.05) is 13.8 Å². The summed E-state index contributed by atoms with van der Waals surface area (Å²) >= 11 is 0. The molecule has 2 unspecified atom stereocenters. The molecule has 1 aliphatic heterocycles. The van der Waals surface area contributed by atoms with Gasteiger partial charge in [0.2, 0.25) is 29.4 Å².